The molecule has 2 aromatic carbocycles. The van der Waals surface area contributed by atoms with Crippen LogP contribution in [0.15, 0.2) is 47.5 Å². The van der Waals surface area contributed by atoms with Crippen LogP contribution in [0.3, 0.4) is 0 Å². The van der Waals surface area contributed by atoms with Crippen LogP contribution in [0.2, 0.25) is 5.02 Å². The number of benzene rings is 2. The van der Waals surface area contributed by atoms with Crippen molar-refractivity contribution in [1.29, 1.82) is 0 Å². The molecule has 1 aliphatic rings. The molecule has 116 valence electrons. The number of carbonyl (C=O) groups is 2. The zero-order valence-corrected chi connectivity index (χ0v) is 12.3. The van der Waals surface area contributed by atoms with E-state index in [0.717, 1.165) is 0 Å². The average Bonchev–Trinajstić information content (AvgIpc) is 2.64. The van der Waals surface area contributed by atoms with Crippen molar-refractivity contribution in [3.63, 3.8) is 0 Å². The number of carboxylic acids is 1. The van der Waals surface area contributed by atoms with E-state index in [1.54, 1.807) is 18.2 Å². The first-order chi connectivity index (χ1) is 11.0. The second kappa shape index (κ2) is 5.81. The molecule has 1 unspecified atom stereocenters. The van der Waals surface area contributed by atoms with Gasteiger partial charge in [-0.15, -0.1) is 0 Å². The number of nitrogens with zero attached hydrogens (tertiary/aromatic N) is 1. The Labute approximate surface area is 135 Å². The summed E-state index contributed by atoms with van der Waals surface area (Å²) in [5.74, 6) is -2.56. The minimum atomic E-state index is -1.60. The third-order valence-corrected chi connectivity index (χ3v) is 3.59. The Morgan fingerprint density at radius 2 is 1.91 bits per heavy atom. The predicted octanol–water partition coefficient (Wildman–Crippen LogP) is 2.72. The van der Waals surface area contributed by atoms with Crippen LogP contribution >= 0.6 is 11.6 Å². The van der Waals surface area contributed by atoms with Crippen LogP contribution in [0.5, 0.6) is 0 Å². The van der Waals surface area contributed by atoms with Gasteiger partial charge < -0.3 is 10.4 Å². The van der Waals surface area contributed by atoms with E-state index >= 15 is 0 Å². The van der Waals surface area contributed by atoms with Gasteiger partial charge in [0.25, 0.3) is 5.91 Å². The van der Waals surface area contributed by atoms with Gasteiger partial charge in [0, 0.05) is 16.1 Å². The van der Waals surface area contributed by atoms with Crippen molar-refractivity contribution < 1.29 is 19.1 Å². The number of hydrogen-bond acceptors (Lipinski definition) is 3. The lowest BCUT2D eigenvalue weighted by atomic mass is 10.0. The minimum absolute atomic E-state index is 0.258. The lowest BCUT2D eigenvalue weighted by molar-refractivity contribution is -0.141. The van der Waals surface area contributed by atoms with E-state index in [1.807, 2.05) is 0 Å². The zero-order valence-electron chi connectivity index (χ0n) is 11.6. The van der Waals surface area contributed by atoms with Crippen molar-refractivity contribution in [2.24, 2.45) is 4.99 Å². The first kappa shape index (κ1) is 15.2. The number of rotatable bonds is 2. The fourth-order valence-corrected chi connectivity index (χ4v) is 2.46. The highest BCUT2D eigenvalue weighted by molar-refractivity contribution is 6.32. The summed E-state index contributed by atoms with van der Waals surface area (Å²) in [4.78, 5) is 27.4. The number of aliphatic imine (C=N–C) groups is 1. The number of carbonyl (C=O) groups excluding carboxylic acids is 1. The maximum atomic E-state index is 13.1. The summed E-state index contributed by atoms with van der Waals surface area (Å²) >= 11 is 6.00. The molecule has 2 aromatic rings. The molecule has 0 saturated carbocycles. The van der Waals surface area contributed by atoms with Gasteiger partial charge in [-0.1, -0.05) is 11.6 Å². The molecule has 23 heavy (non-hydrogen) atoms. The number of carboxylic acid groups (broad SMARTS) is 1. The van der Waals surface area contributed by atoms with Gasteiger partial charge in [-0.05, 0) is 42.5 Å². The molecule has 0 spiro atoms. The molecule has 1 atom stereocenters. The maximum Gasteiger partial charge on any atom is 0.338 e. The van der Waals surface area contributed by atoms with E-state index in [2.05, 4.69) is 10.3 Å². The largest absolute Gasteiger partial charge is 0.479 e. The van der Waals surface area contributed by atoms with E-state index in [9.17, 15) is 19.1 Å². The van der Waals surface area contributed by atoms with Gasteiger partial charge in [0.15, 0.2) is 0 Å². The molecule has 0 aliphatic carbocycles. The maximum absolute atomic E-state index is 13.1. The number of hydrogen-bond donors (Lipinski definition) is 2. The van der Waals surface area contributed by atoms with E-state index < -0.39 is 23.7 Å². The molecule has 2 N–H and O–H groups in total. The van der Waals surface area contributed by atoms with Crippen molar-refractivity contribution >= 4 is 34.9 Å². The molecule has 1 amide bonds. The van der Waals surface area contributed by atoms with Crippen molar-refractivity contribution in [1.82, 2.24) is 0 Å². The van der Waals surface area contributed by atoms with Gasteiger partial charge in [0.05, 0.1) is 11.4 Å². The molecule has 0 aromatic heterocycles. The zero-order chi connectivity index (χ0) is 16.6. The van der Waals surface area contributed by atoms with E-state index in [-0.39, 0.29) is 5.71 Å². The summed E-state index contributed by atoms with van der Waals surface area (Å²) in [5, 5.41) is 12.2. The first-order valence-corrected chi connectivity index (χ1v) is 7.01. The van der Waals surface area contributed by atoms with Gasteiger partial charge in [-0.3, -0.25) is 9.79 Å². The van der Waals surface area contributed by atoms with Crippen molar-refractivity contribution in [2.75, 3.05) is 5.32 Å². The topological polar surface area (TPSA) is 78.8 Å². The Balaban J connectivity index is 2.24. The summed E-state index contributed by atoms with van der Waals surface area (Å²) in [6.45, 7) is 0. The minimum Gasteiger partial charge on any atom is -0.479 e. The number of halogens is 2. The number of benzodiazepines with no additional fused rings is 1. The van der Waals surface area contributed by atoms with Crippen LogP contribution in [0.4, 0.5) is 10.1 Å². The molecule has 0 saturated heterocycles. The third kappa shape index (κ3) is 2.93. The van der Waals surface area contributed by atoms with E-state index in [0.29, 0.717) is 21.8 Å². The molecule has 3 rings (SSSR count). The Kier molecular flexibility index (Phi) is 3.83. The van der Waals surface area contributed by atoms with Crippen LogP contribution in [0.1, 0.15) is 11.1 Å². The highest BCUT2D eigenvalue weighted by Crippen LogP contribution is 2.27. The highest BCUT2D eigenvalue weighted by Gasteiger charge is 2.31. The van der Waals surface area contributed by atoms with Crippen LogP contribution in [0.25, 0.3) is 0 Å². The molecule has 7 heteroatoms. The van der Waals surface area contributed by atoms with Crippen molar-refractivity contribution in [3.05, 3.63) is 64.4 Å². The van der Waals surface area contributed by atoms with Gasteiger partial charge in [0.2, 0.25) is 6.04 Å². The lowest BCUT2D eigenvalue weighted by Gasteiger charge is -2.10. The van der Waals surface area contributed by atoms with Crippen LogP contribution in [-0.2, 0) is 9.59 Å². The molecule has 0 radical (unpaired) electrons. The van der Waals surface area contributed by atoms with Crippen molar-refractivity contribution in [3.8, 4) is 0 Å². The smallest absolute Gasteiger partial charge is 0.338 e. The molecular weight excluding hydrogens is 323 g/mol. The monoisotopic (exact) mass is 332 g/mol. The lowest BCUT2D eigenvalue weighted by Crippen LogP contribution is -2.32. The quantitative estimate of drug-likeness (QED) is 0.830. The number of amides is 1. The second-order valence-electron chi connectivity index (χ2n) is 4.90. The summed E-state index contributed by atoms with van der Waals surface area (Å²) in [7, 11) is 0. The van der Waals surface area contributed by atoms with Crippen LogP contribution in [0, 0.1) is 5.82 Å². The Morgan fingerprint density at radius 1 is 1.22 bits per heavy atom. The highest BCUT2D eigenvalue weighted by atomic mass is 35.5. The molecule has 1 heterocycles. The molecule has 0 bridgehead atoms. The van der Waals surface area contributed by atoms with E-state index in [1.165, 1.54) is 24.3 Å². The van der Waals surface area contributed by atoms with Gasteiger partial charge >= 0.3 is 5.97 Å². The normalized spacial score (nSPS) is 16.9. The average molecular weight is 333 g/mol. The Bertz CT molecular complexity index is 834. The second-order valence-corrected chi connectivity index (χ2v) is 5.34. The summed E-state index contributed by atoms with van der Waals surface area (Å²) in [6, 6.07) is 8.52. The Morgan fingerprint density at radius 3 is 2.57 bits per heavy atom. The summed E-state index contributed by atoms with van der Waals surface area (Å²) < 4.78 is 13.1. The van der Waals surface area contributed by atoms with Gasteiger partial charge in [0.1, 0.15) is 5.82 Å². The number of anilines is 1. The van der Waals surface area contributed by atoms with Crippen LogP contribution in [-0.4, -0.2) is 28.7 Å². The summed E-state index contributed by atoms with van der Waals surface area (Å²) in [6.07, 6.45) is 0. The van der Waals surface area contributed by atoms with Gasteiger partial charge in [-0.25, -0.2) is 9.18 Å². The molecule has 5 nitrogen and oxygen atoms in total. The SMILES string of the molecule is O=C(O)C1N=C(c2ccc(F)cc2)c2cc(Cl)ccc2NC1=O. The summed E-state index contributed by atoms with van der Waals surface area (Å²) in [5.41, 5.74) is 1.61. The first-order valence-electron chi connectivity index (χ1n) is 6.63. The standard InChI is InChI=1S/C16H10ClFN2O3/c17-9-3-6-12-11(7-9)13(8-1-4-10(18)5-2-8)20-14(16(22)23)15(21)19-12/h1-7,14H,(H,19,21)(H,22,23). The van der Waals surface area contributed by atoms with Gasteiger partial charge in [-0.2, -0.15) is 0 Å². The Hall–Kier alpha value is -2.73. The third-order valence-electron chi connectivity index (χ3n) is 3.35. The molecule has 0 fully saturated rings. The number of nitrogens with one attached hydrogen (secondary N) is 1. The van der Waals surface area contributed by atoms with E-state index in [4.69, 9.17) is 11.6 Å². The molecule has 1 aliphatic heterocycles. The molecular formula is C16H10ClFN2O3. The van der Waals surface area contributed by atoms with Crippen LogP contribution < -0.4 is 5.32 Å². The predicted molar refractivity (Wildman–Crippen MR) is 83.5 cm³/mol. The number of aliphatic carboxylic acids is 1. The number of fused-ring (bicyclic) bond motifs is 1. The fraction of sp³-hybridized carbons (Fsp3) is 0.0625. The fourth-order valence-electron chi connectivity index (χ4n) is 2.28. The van der Waals surface area contributed by atoms with Crippen molar-refractivity contribution in [2.45, 2.75) is 6.04 Å².